The quantitative estimate of drug-likeness (QED) is 0.380. The minimum atomic E-state index is -0.801. The van der Waals surface area contributed by atoms with Crippen LogP contribution in [0.2, 0.25) is 0 Å². The number of methoxy groups -OCH3 is 1. The first-order valence-electron chi connectivity index (χ1n) is 11.4. The third-order valence-corrected chi connectivity index (χ3v) is 7.71. The molecule has 37 heavy (non-hydrogen) atoms. The number of carbonyl (C=O) groups is 1. The van der Waals surface area contributed by atoms with Crippen LogP contribution in [-0.2, 0) is 9.53 Å². The summed E-state index contributed by atoms with van der Waals surface area (Å²) < 4.78 is 19.6. The maximum atomic E-state index is 13.8. The van der Waals surface area contributed by atoms with Crippen molar-refractivity contribution in [3.8, 4) is 17.2 Å². The number of rotatable bonds is 7. The van der Waals surface area contributed by atoms with E-state index >= 15 is 0 Å². The summed E-state index contributed by atoms with van der Waals surface area (Å²) in [6.07, 6.45) is 1.61. The van der Waals surface area contributed by atoms with Gasteiger partial charge < -0.3 is 19.3 Å². The van der Waals surface area contributed by atoms with Crippen LogP contribution in [-0.4, -0.2) is 36.0 Å². The molecule has 194 valence electrons. The molecule has 0 bridgehead atoms. The highest BCUT2D eigenvalue weighted by Crippen LogP contribution is 2.36. The Hall–Kier alpha value is -2.89. The lowest BCUT2D eigenvalue weighted by atomic mass is 9.95. The van der Waals surface area contributed by atoms with Crippen molar-refractivity contribution < 1.29 is 24.1 Å². The molecule has 1 aliphatic rings. The number of aromatic nitrogens is 1. The lowest BCUT2D eigenvalue weighted by Gasteiger charge is -2.25. The minimum Gasteiger partial charge on any atom is -0.506 e. The zero-order valence-corrected chi connectivity index (χ0v) is 24.5. The van der Waals surface area contributed by atoms with E-state index in [0.717, 1.165) is 4.47 Å². The van der Waals surface area contributed by atoms with Crippen molar-refractivity contribution in [2.45, 2.75) is 26.8 Å². The van der Waals surface area contributed by atoms with Gasteiger partial charge in [-0.25, -0.2) is 9.79 Å². The number of halogens is 2. The summed E-state index contributed by atoms with van der Waals surface area (Å²) in [6.45, 7) is 5.89. The normalized spacial score (nSPS) is 15.3. The van der Waals surface area contributed by atoms with E-state index in [1.54, 1.807) is 57.4 Å². The minimum absolute atomic E-state index is 0.00508. The van der Waals surface area contributed by atoms with Gasteiger partial charge in [0.25, 0.3) is 5.56 Å². The third kappa shape index (κ3) is 5.25. The predicted molar refractivity (Wildman–Crippen MR) is 148 cm³/mol. The van der Waals surface area contributed by atoms with Gasteiger partial charge in [0.1, 0.15) is 5.75 Å². The molecule has 3 aromatic rings. The van der Waals surface area contributed by atoms with E-state index in [1.807, 2.05) is 6.92 Å². The zero-order chi connectivity index (χ0) is 26.9. The van der Waals surface area contributed by atoms with Crippen LogP contribution in [0.4, 0.5) is 0 Å². The molecule has 1 aromatic heterocycles. The molecule has 0 spiro atoms. The molecule has 2 heterocycles. The van der Waals surface area contributed by atoms with Gasteiger partial charge >= 0.3 is 5.97 Å². The first kappa shape index (κ1) is 27.2. The Bertz CT molecular complexity index is 1590. The number of nitrogens with zero attached hydrogens (tertiary/aromatic N) is 2. The van der Waals surface area contributed by atoms with Crippen molar-refractivity contribution in [3.63, 3.8) is 0 Å². The summed E-state index contributed by atoms with van der Waals surface area (Å²) >= 11 is 7.91. The van der Waals surface area contributed by atoms with Gasteiger partial charge in [-0.1, -0.05) is 33.3 Å². The second-order valence-electron chi connectivity index (χ2n) is 7.97. The number of aromatic hydroxyl groups is 1. The van der Waals surface area contributed by atoms with Gasteiger partial charge in [0.2, 0.25) is 0 Å². The molecule has 0 aliphatic carbocycles. The number of hydrogen-bond acceptors (Lipinski definition) is 8. The average molecular weight is 652 g/mol. The Morgan fingerprint density at radius 1 is 1.19 bits per heavy atom. The molecule has 11 heteroatoms. The van der Waals surface area contributed by atoms with Gasteiger partial charge in [-0.15, -0.1) is 0 Å². The van der Waals surface area contributed by atoms with Gasteiger partial charge in [-0.2, -0.15) is 0 Å². The lowest BCUT2D eigenvalue weighted by molar-refractivity contribution is -0.139. The highest BCUT2D eigenvalue weighted by molar-refractivity contribution is 9.11. The molecule has 1 atom stereocenters. The van der Waals surface area contributed by atoms with Crippen LogP contribution < -0.4 is 24.4 Å². The topological polar surface area (TPSA) is 99.4 Å². The SMILES string of the molecule is CCOC(=O)C1=C(C)N=c2s/c(=C\c3cc(Br)cc(Br)c3O)c(=O)n2[C@H]1c1ccc(OC)c(OCC)c1. The van der Waals surface area contributed by atoms with Gasteiger partial charge in [0.15, 0.2) is 16.3 Å². The number of carbonyl (C=O) groups excluding carboxylic acids is 1. The Morgan fingerprint density at radius 2 is 1.95 bits per heavy atom. The van der Waals surface area contributed by atoms with Crippen molar-refractivity contribution >= 4 is 55.2 Å². The van der Waals surface area contributed by atoms with E-state index in [0.29, 0.717) is 48.7 Å². The Morgan fingerprint density at radius 3 is 2.62 bits per heavy atom. The van der Waals surface area contributed by atoms with Crippen molar-refractivity contribution in [3.05, 3.63) is 81.4 Å². The fourth-order valence-electron chi connectivity index (χ4n) is 4.08. The summed E-state index contributed by atoms with van der Waals surface area (Å²) in [5.74, 6) is 0.481. The van der Waals surface area contributed by atoms with Crippen LogP contribution in [0.3, 0.4) is 0 Å². The van der Waals surface area contributed by atoms with Crippen molar-refractivity contribution in [1.29, 1.82) is 0 Å². The highest BCUT2D eigenvalue weighted by Gasteiger charge is 2.34. The van der Waals surface area contributed by atoms with E-state index in [1.165, 1.54) is 15.9 Å². The van der Waals surface area contributed by atoms with Crippen LogP contribution in [0, 0.1) is 0 Å². The van der Waals surface area contributed by atoms with Gasteiger partial charge in [-0.3, -0.25) is 9.36 Å². The van der Waals surface area contributed by atoms with Gasteiger partial charge in [0, 0.05) is 10.0 Å². The summed E-state index contributed by atoms with van der Waals surface area (Å²) in [5.41, 5.74) is 1.46. The van der Waals surface area contributed by atoms with Crippen LogP contribution in [0.25, 0.3) is 6.08 Å². The molecule has 0 fully saturated rings. The summed E-state index contributed by atoms with van der Waals surface area (Å²) in [6, 6.07) is 7.92. The standard InChI is InChI=1S/C26H24Br2N2O6S/c1-5-35-19-10-14(7-8-18(19)34-4)22-21(25(33)36-6-2)13(3)29-26-30(22)24(32)20(37-26)11-15-9-16(27)12-17(28)23(15)31/h7-12,22,31H,5-6H2,1-4H3/b20-11-/t22-/m0/s1. The maximum absolute atomic E-state index is 13.8. The van der Waals surface area contributed by atoms with E-state index < -0.39 is 12.0 Å². The number of fused-ring (bicyclic) bond motifs is 1. The molecule has 0 saturated heterocycles. The molecular formula is C26H24Br2N2O6S. The van der Waals surface area contributed by atoms with E-state index in [4.69, 9.17) is 14.2 Å². The summed E-state index contributed by atoms with van der Waals surface area (Å²) in [5, 5.41) is 10.5. The maximum Gasteiger partial charge on any atom is 0.338 e. The largest absolute Gasteiger partial charge is 0.506 e. The summed E-state index contributed by atoms with van der Waals surface area (Å²) in [7, 11) is 1.55. The number of phenolic OH excluding ortho intramolecular Hbond substituents is 1. The first-order valence-corrected chi connectivity index (χ1v) is 13.8. The summed E-state index contributed by atoms with van der Waals surface area (Å²) in [4.78, 5) is 31.9. The van der Waals surface area contributed by atoms with Gasteiger partial charge in [0.05, 0.1) is 46.6 Å². The number of hydrogen-bond donors (Lipinski definition) is 1. The molecular weight excluding hydrogens is 628 g/mol. The zero-order valence-electron chi connectivity index (χ0n) is 20.5. The molecule has 0 amide bonds. The van der Waals surface area contributed by atoms with E-state index in [2.05, 4.69) is 36.9 Å². The lowest BCUT2D eigenvalue weighted by Crippen LogP contribution is -2.40. The highest BCUT2D eigenvalue weighted by atomic mass is 79.9. The Balaban J connectivity index is 1.99. The molecule has 0 radical (unpaired) electrons. The third-order valence-electron chi connectivity index (χ3n) is 5.66. The van der Waals surface area contributed by atoms with Crippen LogP contribution in [0.15, 0.2) is 60.3 Å². The molecule has 8 nitrogen and oxygen atoms in total. The fraction of sp³-hybridized carbons (Fsp3) is 0.269. The second kappa shape index (κ2) is 11.2. The average Bonchev–Trinajstić information content (AvgIpc) is 3.15. The number of ether oxygens (including phenoxy) is 3. The second-order valence-corrected chi connectivity index (χ2v) is 10.8. The van der Waals surface area contributed by atoms with E-state index in [-0.39, 0.29) is 23.5 Å². The van der Waals surface area contributed by atoms with Crippen LogP contribution in [0.5, 0.6) is 17.2 Å². The number of phenols is 1. The predicted octanol–water partition coefficient (Wildman–Crippen LogP) is 4.44. The number of benzene rings is 2. The fourth-order valence-corrected chi connectivity index (χ4v) is 6.37. The molecule has 1 aliphatic heterocycles. The van der Waals surface area contributed by atoms with E-state index in [9.17, 15) is 14.7 Å². The Labute approximate surface area is 233 Å². The monoisotopic (exact) mass is 650 g/mol. The van der Waals surface area contributed by atoms with Gasteiger partial charge in [-0.05, 0) is 72.6 Å². The molecule has 4 rings (SSSR count). The smallest absolute Gasteiger partial charge is 0.338 e. The van der Waals surface area contributed by atoms with Crippen LogP contribution >= 0.6 is 43.2 Å². The first-order chi connectivity index (χ1) is 17.7. The van der Waals surface area contributed by atoms with Crippen molar-refractivity contribution in [1.82, 2.24) is 4.57 Å². The molecule has 0 unspecified atom stereocenters. The van der Waals surface area contributed by atoms with Crippen LogP contribution in [0.1, 0.15) is 37.9 Å². The molecule has 0 saturated carbocycles. The number of esters is 1. The molecule has 1 N–H and O–H groups in total. The number of thiazole rings is 1. The Kier molecular flexibility index (Phi) is 8.25. The van der Waals surface area contributed by atoms with Crippen molar-refractivity contribution in [2.75, 3.05) is 20.3 Å². The van der Waals surface area contributed by atoms with Crippen molar-refractivity contribution in [2.24, 2.45) is 4.99 Å². The number of allylic oxidation sites excluding steroid dienone is 1. The molecule has 2 aromatic carbocycles.